The highest BCUT2D eigenvalue weighted by Gasteiger charge is 2.33. The molecule has 0 amide bonds. The Morgan fingerprint density at radius 2 is 1.71 bits per heavy atom. The van der Waals surface area contributed by atoms with Gasteiger partial charge in [-0.15, -0.1) is 0 Å². The largest absolute Gasteiger partial charge is 0.463 e. The molecule has 0 N–H and O–H groups in total. The maximum absolute atomic E-state index is 14.0. The summed E-state index contributed by atoms with van der Waals surface area (Å²) in [7, 11) is 0. The van der Waals surface area contributed by atoms with Gasteiger partial charge in [0, 0.05) is 17.3 Å². The second-order valence-electron chi connectivity index (χ2n) is 9.43. The average Bonchev–Trinajstić information content (AvgIpc) is 3.54. The molecule has 0 aliphatic carbocycles. The molecule has 0 fully saturated rings. The predicted octanol–water partition coefficient (Wildman–Crippen LogP) is 4.79. The third-order valence-corrected chi connectivity index (χ3v) is 7.78. The summed E-state index contributed by atoms with van der Waals surface area (Å²) in [6.45, 7) is 3.71. The number of para-hydroxylation sites is 1. The first-order valence-electron chi connectivity index (χ1n) is 13.1. The van der Waals surface area contributed by atoms with Crippen molar-refractivity contribution in [2.75, 3.05) is 6.61 Å². The molecule has 41 heavy (non-hydrogen) atoms. The van der Waals surface area contributed by atoms with Gasteiger partial charge in [-0.2, -0.15) is 5.10 Å². The summed E-state index contributed by atoms with van der Waals surface area (Å²) < 4.78 is 22.8. The fourth-order valence-corrected chi connectivity index (χ4v) is 5.96. The predicted molar refractivity (Wildman–Crippen MR) is 156 cm³/mol. The van der Waals surface area contributed by atoms with Crippen molar-refractivity contribution in [3.05, 3.63) is 139 Å². The molecule has 1 atom stereocenters. The summed E-state index contributed by atoms with van der Waals surface area (Å²) >= 11 is 1.24. The van der Waals surface area contributed by atoms with E-state index in [0.29, 0.717) is 37.4 Å². The number of esters is 1. The molecule has 9 heteroatoms. The number of benzene rings is 3. The minimum Gasteiger partial charge on any atom is -0.463 e. The fraction of sp³-hybridized carbons (Fsp3) is 0.125. The van der Waals surface area contributed by atoms with Crippen molar-refractivity contribution in [1.82, 2.24) is 14.3 Å². The number of hydrogen-bond acceptors (Lipinski definition) is 6. The van der Waals surface area contributed by atoms with E-state index in [4.69, 9.17) is 9.84 Å². The molecular formula is C32H25FN4O3S. The lowest BCUT2D eigenvalue weighted by molar-refractivity contribution is -0.139. The highest BCUT2D eigenvalue weighted by molar-refractivity contribution is 7.07. The smallest absolute Gasteiger partial charge is 0.338 e. The van der Waals surface area contributed by atoms with E-state index < -0.39 is 12.0 Å². The number of thiazole rings is 1. The van der Waals surface area contributed by atoms with Crippen molar-refractivity contribution in [2.45, 2.75) is 19.9 Å². The zero-order chi connectivity index (χ0) is 28.5. The molecule has 3 aromatic carbocycles. The molecule has 5 aromatic rings. The van der Waals surface area contributed by atoms with Crippen LogP contribution in [0.15, 0.2) is 112 Å². The van der Waals surface area contributed by atoms with Crippen molar-refractivity contribution < 1.29 is 13.9 Å². The molecule has 6 rings (SSSR count). The van der Waals surface area contributed by atoms with Gasteiger partial charge < -0.3 is 4.74 Å². The first kappa shape index (κ1) is 26.3. The SMILES string of the molecule is CCOC(=O)C1=C(C)N=c2sc(=Cc3cn(-c4ccccc4)nc3-c3ccc(F)cc3)c(=O)n2C1c1ccccc1. The molecule has 1 aliphatic rings. The van der Waals surface area contributed by atoms with Crippen LogP contribution in [0.1, 0.15) is 31.0 Å². The van der Waals surface area contributed by atoms with Crippen LogP contribution in [0, 0.1) is 5.82 Å². The number of hydrogen-bond donors (Lipinski definition) is 0. The van der Waals surface area contributed by atoms with Gasteiger partial charge in [0.2, 0.25) is 0 Å². The summed E-state index contributed by atoms with van der Waals surface area (Å²) in [5, 5.41) is 4.78. The molecule has 7 nitrogen and oxygen atoms in total. The van der Waals surface area contributed by atoms with Crippen LogP contribution in [0.25, 0.3) is 23.0 Å². The molecule has 0 saturated carbocycles. The topological polar surface area (TPSA) is 78.5 Å². The number of halogens is 1. The van der Waals surface area contributed by atoms with E-state index >= 15 is 0 Å². The van der Waals surface area contributed by atoms with Crippen LogP contribution in [0.3, 0.4) is 0 Å². The summed E-state index contributed by atoms with van der Waals surface area (Å²) in [5.74, 6) is -0.848. The van der Waals surface area contributed by atoms with E-state index in [-0.39, 0.29) is 18.0 Å². The lowest BCUT2D eigenvalue weighted by atomic mass is 9.96. The molecular weight excluding hydrogens is 539 g/mol. The second-order valence-corrected chi connectivity index (χ2v) is 10.4. The molecule has 1 aliphatic heterocycles. The molecule has 0 spiro atoms. The average molecular weight is 565 g/mol. The van der Waals surface area contributed by atoms with Gasteiger partial charge in [0.15, 0.2) is 4.80 Å². The maximum atomic E-state index is 14.0. The van der Waals surface area contributed by atoms with E-state index in [9.17, 15) is 14.0 Å². The lowest BCUT2D eigenvalue weighted by Gasteiger charge is -2.24. The number of carbonyl (C=O) groups excluding carboxylic acids is 1. The molecule has 0 bridgehead atoms. The lowest BCUT2D eigenvalue weighted by Crippen LogP contribution is -2.39. The Morgan fingerprint density at radius 3 is 2.39 bits per heavy atom. The van der Waals surface area contributed by atoms with Crippen LogP contribution in [0.2, 0.25) is 0 Å². The van der Waals surface area contributed by atoms with Gasteiger partial charge in [-0.3, -0.25) is 9.36 Å². The van der Waals surface area contributed by atoms with Gasteiger partial charge >= 0.3 is 5.97 Å². The first-order chi connectivity index (χ1) is 19.9. The van der Waals surface area contributed by atoms with E-state index in [1.807, 2.05) is 66.9 Å². The second kappa shape index (κ2) is 10.9. The van der Waals surface area contributed by atoms with Crippen LogP contribution in [-0.2, 0) is 9.53 Å². The summed E-state index contributed by atoms with van der Waals surface area (Å²) in [5.41, 5.74) is 4.18. The number of allylic oxidation sites excluding steroid dienone is 1. The number of carbonyl (C=O) groups is 1. The molecule has 0 radical (unpaired) electrons. The molecule has 2 aromatic heterocycles. The Morgan fingerprint density at radius 1 is 1.02 bits per heavy atom. The van der Waals surface area contributed by atoms with Crippen LogP contribution in [0.4, 0.5) is 4.39 Å². The monoisotopic (exact) mass is 564 g/mol. The van der Waals surface area contributed by atoms with Gasteiger partial charge in [0.1, 0.15) is 11.5 Å². The van der Waals surface area contributed by atoms with Crippen molar-refractivity contribution in [1.29, 1.82) is 0 Å². The zero-order valence-electron chi connectivity index (χ0n) is 22.3. The minimum atomic E-state index is -0.683. The van der Waals surface area contributed by atoms with E-state index in [2.05, 4.69) is 4.99 Å². The third kappa shape index (κ3) is 4.96. The molecule has 204 valence electrons. The van der Waals surface area contributed by atoms with E-state index in [0.717, 1.165) is 11.3 Å². The molecule has 3 heterocycles. The van der Waals surface area contributed by atoms with Gasteiger partial charge in [0.05, 0.1) is 34.1 Å². The van der Waals surface area contributed by atoms with E-state index in [1.54, 1.807) is 41.3 Å². The molecule has 1 unspecified atom stereocenters. The Hall–Kier alpha value is -4.89. The number of fused-ring (bicyclic) bond motifs is 1. The fourth-order valence-electron chi connectivity index (χ4n) is 4.92. The Balaban J connectivity index is 1.56. The number of nitrogens with zero attached hydrogens (tertiary/aromatic N) is 4. The normalized spacial score (nSPS) is 15.0. The van der Waals surface area contributed by atoms with Crippen LogP contribution in [-0.4, -0.2) is 26.9 Å². The highest BCUT2D eigenvalue weighted by atomic mass is 32.1. The highest BCUT2D eigenvalue weighted by Crippen LogP contribution is 2.31. The Labute approximate surface area is 238 Å². The third-order valence-electron chi connectivity index (χ3n) is 6.80. The van der Waals surface area contributed by atoms with Crippen molar-refractivity contribution in [2.24, 2.45) is 4.99 Å². The van der Waals surface area contributed by atoms with Crippen LogP contribution >= 0.6 is 11.3 Å². The van der Waals surface area contributed by atoms with Gasteiger partial charge in [-0.05, 0) is 61.9 Å². The first-order valence-corrected chi connectivity index (χ1v) is 13.9. The summed E-state index contributed by atoms with van der Waals surface area (Å²) in [4.78, 5) is 32.2. The maximum Gasteiger partial charge on any atom is 0.338 e. The van der Waals surface area contributed by atoms with Gasteiger partial charge in [-0.25, -0.2) is 18.9 Å². The number of aromatic nitrogens is 3. The quantitative estimate of drug-likeness (QED) is 0.278. The number of ether oxygens (including phenoxy) is 1. The van der Waals surface area contributed by atoms with Gasteiger partial charge in [-0.1, -0.05) is 59.9 Å². The van der Waals surface area contributed by atoms with Crippen molar-refractivity contribution in [3.8, 4) is 16.9 Å². The van der Waals surface area contributed by atoms with E-state index in [1.165, 1.54) is 23.5 Å². The Kier molecular flexibility index (Phi) is 7.03. The number of rotatable bonds is 6. The van der Waals surface area contributed by atoms with Crippen LogP contribution < -0.4 is 14.9 Å². The Bertz CT molecular complexity index is 1960. The molecule has 0 saturated heterocycles. The van der Waals surface area contributed by atoms with Crippen molar-refractivity contribution in [3.63, 3.8) is 0 Å². The standard InChI is InChI=1S/C32H25FN4O3S/c1-3-40-31(39)27-20(2)34-32-37(29(27)22-10-6-4-7-11-22)30(38)26(41-32)18-23-19-36(25-12-8-5-9-13-25)35-28(23)21-14-16-24(33)17-15-21/h4-19,29H,3H2,1-2H3. The minimum absolute atomic E-state index is 0.207. The van der Waals surface area contributed by atoms with Gasteiger partial charge in [0.25, 0.3) is 5.56 Å². The van der Waals surface area contributed by atoms with Crippen LogP contribution in [0.5, 0.6) is 0 Å². The summed E-state index contributed by atoms with van der Waals surface area (Å²) in [6, 6.07) is 24.4. The summed E-state index contributed by atoms with van der Waals surface area (Å²) in [6.07, 6.45) is 3.62. The zero-order valence-corrected chi connectivity index (χ0v) is 23.1. The van der Waals surface area contributed by atoms with Crippen molar-refractivity contribution >= 4 is 23.4 Å².